The van der Waals surface area contributed by atoms with Gasteiger partial charge in [0, 0.05) is 22.6 Å². The maximum Gasteiger partial charge on any atom is 0.325 e. The van der Waals surface area contributed by atoms with Crippen molar-refractivity contribution in [1.82, 2.24) is 14.8 Å². The number of nitrogens with one attached hydrogen (secondary N) is 1. The molecule has 1 saturated heterocycles. The quantitative estimate of drug-likeness (QED) is 0.627. The van der Waals surface area contributed by atoms with Crippen LogP contribution < -0.4 is 5.32 Å². The Morgan fingerprint density at radius 2 is 1.96 bits per heavy atom. The number of imide groups is 1. The van der Waals surface area contributed by atoms with Crippen LogP contribution in [-0.2, 0) is 4.79 Å². The molecule has 28 heavy (non-hydrogen) atoms. The van der Waals surface area contributed by atoms with E-state index in [0.717, 1.165) is 17.0 Å². The molecule has 8 heteroatoms. The third-order valence-electron chi connectivity index (χ3n) is 5.65. The van der Waals surface area contributed by atoms with Gasteiger partial charge in [-0.05, 0) is 57.4 Å². The molecule has 2 aliphatic rings. The standard InChI is InChI=1S/C20H19ClFN3O3/c1-11-8-14(12(2)25(11)13-4-5-16(22)15(21)9-13)17(26)10-24-18(27)20(6-3-7-20)23-19(24)28/h4-5,8-9H,3,6-7,10H2,1-2H3,(H,23,28). The third-order valence-corrected chi connectivity index (χ3v) is 5.94. The first kappa shape index (κ1) is 18.7. The van der Waals surface area contributed by atoms with Crippen LogP contribution in [0.25, 0.3) is 5.69 Å². The van der Waals surface area contributed by atoms with E-state index in [-0.39, 0.29) is 23.3 Å². The smallest absolute Gasteiger partial charge is 0.323 e. The summed E-state index contributed by atoms with van der Waals surface area (Å²) in [4.78, 5) is 38.6. The summed E-state index contributed by atoms with van der Waals surface area (Å²) in [5, 5.41) is 2.71. The maximum atomic E-state index is 13.5. The van der Waals surface area contributed by atoms with Crippen molar-refractivity contribution in [2.45, 2.75) is 38.6 Å². The molecule has 0 unspecified atom stereocenters. The van der Waals surface area contributed by atoms with Gasteiger partial charge >= 0.3 is 6.03 Å². The highest BCUT2D eigenvalue weighted by Crippen LogP contribution is 2.37. The Labute approximate surface area is 166 Å². The van der Waals surface area contributed by atoms with E-state index in [1.165, 1.54) is 12.1 Å². The van der Waals surface area contributed by atoms with Gasteiger partial charge in [-0.3, -0.25) is 14.5 Å². The predicted octanol–water partition coefficient (Wildman–Crippen LogP) is 3.54. The molecule has 2 aromatic rings. The molecule has 1 aromatic heterocycles. The molecule has 2 fully saturated rings. The van der Waals surface area contributed by atoms with Crippen LogP contribution in [0.5, 0.6) is 0 Å². The molecule has 146 valence electrons. The SMILES string of the molecule is Cc1cc(C(=O)CN2C(=O)NC3(CCC3)C2=O)c(C)n1-c1ccc(F)c(Cl)c1. The molecule has 1 saturated carbocycles. The third kappa shape index (κ3) is 2.73. The lowest BCUT2D eigenvalue weighted by atomic mass is 9.77. The average molecular weight is 404 g/mol. The number of nitrogens with zero attached hydrogens (tertiary/aromatic N) is 2. The first-order chi connectivity index (χ1) is 13.2. The molecule has 1 aliphatic carbocycles. The number of halogens is 2. The van der Waals surface area contributed by atoms with Crippen molar-refractivity contribution in [3.8, 4) is 5.69 Å². The van der Waals surface area contributed by atoms with E-state index in [1.54, 1.807) is 23.6 Å². The molecule has 3 amide bonds. The van der Waals surface area contributed by atoms with E-state index < -0.39 is 17.4 Å². The zero-order valence-electron chi connectivity index (χ0n) is 15.5. The highest BCUT2D eigenvalue weighted by molar-refractivity contribution is 6.30. The fourth-order valence-corrected chi connectivity index (χ4v) is 4.16. The van der Waals surface area contributed by atoms with Crippen LogP contribution in [0.1, 0.15) is 41.0 Å². The van der Waals surface area contributed by atoms with Crippen LogP contribution in [0.2, 0.25) is 5.02 Å². The number of carbonyl (C=O) groups excluding carboxylic acids is 3. The van der Waals surface area contributed by atoms with Gasteiger partial charge in [0.05, 0.1) is 11.6 Å². The number of amides is 3. The van der Waals surface area contributed by atoms with Crippen LogP contribution in [-0.4, -0.2) is 39.3 Å². The monoisotopic (exact) mass is 403 g/mol. The van der Waals surface area contributed by atoms with E-state index in [1.807, 2.05) is 6.92 Å². The second-order valence-corrected chi connectivity index (χ2v) is 7.81. The summed E-state index contributed by atoms with van der Waals surface area (Å²) in [6.45, 7) is 3.27. The first-order valence-corrected chi connectivity index (χ1v) is 9.43. The molecule has 1 aliphatic heterocycles. The number of hydrogen-bond acceptors (Lipinski definition) is 3. The Morgan fingerprint density at radius 3 is 2.54 bits per heavy atom. The Hall–Kier alpha value is -2.67. The lowest BCUT2D eigenvalue weighted by Gasteiger charge is -2.34. The van der Waals surface area contributed by atoms with Crippen LogP contribution in [0, 0.1) is 19.7 Å². The fourth-order valence-electron chi connectivity index (χ4n) is 3.98. The predicted molar refractivity (Wildman–Crippen MR) is 101 cm³/mol. The largest absolute Gasteiger partial charge is 0.325 e. The lowest BCUT2D eigenvalue weighted by Crippen LogP contribution is -2.52. The summed E-state index contributed by atoms with van der Waals surface area (Å²) in [7, 11) is 0. The summed E-state index contributed by atoms with van der Waals surface area (Å²) >= 11 is 5.89. The lowest BCUT2D eigenvalue weighted by molar-refractivity contribution is -0.133. The number of aryl methyl sites for hydroxylation is 1. The van der Waals surface area contributed by atoms with Crippen molar-refractivity contribution < 1.29 is 18.8 Å². The zero-order valence-corrected chi connectivity index (χ0v) is 16.3. The van der Waals surface area contributed by atoms with Gasteiger partial charge in [-0.2, -0.15) is 0 Å². The van der Waals surface area contributed by atoms with Crippen LogP contribution in [0.15, 0.2) is 24.3 Å². The van der Waals surface area contributed by atoms with E-state index in [0.29, 0.717) is 29.8 Å². The zero-order chi connectivity index (χ0) is 20.2. The van der Waals surface area contributed by atoms with Crippen molar-refractivity contribution in [2.24, 2.45) is 0 Å². The van der Waals surface area contributed by atoms with Gasteiger partial charge in [-0.25, -0.2) is 9.18 Å². The minimum atomic E-state index is -0.806. The van der Waals surface area contributed by atoms with Gasteiger partial charge in [0.2, 0.25) is 0 Å². The number of rotatable bonds is 4. The molecule has 0 atom stereocenters. The highest BCUT2D eigenvalue weighted by atomic mass is 35.5. The Morgan fingerprint density at radius 1 is 1.25 bits per heavy atom. The normalized spacial score (nSPS) is 17.8. The second kappa shape index (κ2) is 6.44. The molecule has 0 bridgehead atoms. The minimum absolute atomic E-state index is 0.0111. The van der Waals surface area contributed by atoms with Crippen molar-refractivity contribution in [3.05, 3.63) is 52.1 Å². The van der Waals surface area contributed by atoms with E-state index in [2.05, 4.69) is 5.32 Å². The highest BCUT2D eigenvalue weighted by Gasteiger charge is 2.55. The number of carbonyl (C=O) groups is 3. The van der Waals surface area contributed by atoms with Gasteiger partial charge < -0.3 is 9.88 Å². The molecule has 1 aromatic carbocycles. The fraction of sp³-hybridized carbons (Fsp3) is 0.350. The maximum absolute atomic E-state index is 13.5. The molecule has 1 N–H and O–H groups in total. The number of urea groups is 1. The van der Waals surface area contributed by atoms with Crippen molar-refractivity contribution >= 4 is 29.3 Å². The van der Waals surface area contributed by atoms with E-state index in [9.17, 15) is 18.8 Å². The Bertz CT molecular complexity index is 1030. The topological polar surface area (TPSA) is 71.4 Å². The number of Topliss-reactive ketones (excluding diaryl/α,β-unsaturated/α-hetero) is 1. The Balaban J connectivity index is 1.61. The summed E-state index contributed by atoms with van der Waals surface area (Å²) in [6.07, 6.45) is 2.11. The van der Waals surface area contributed by atoms with Crippen molar-refractivity contribution in [1.29, 1.82) is 0 Å². The molecule has 0 radical (unpaired) electrons. The molecular weight excluding hydrogens is 385 g/mol. The van der Waals surface area contributed by atoms with Gasteiger partial charge in [-0.1, -0.05) is 11.6 Å². The van der Waals surface area contributed by atoms with Crippen molar-refractivity contribution in [2.75, 3.05) is 6.54 Å². The summed E-state index contributed by atoms with van der Waals surface area (Å²) < 4.78 is 15.3. The average Bonchev–Trinajstić information content (AvgIpc) is 3.05. The van der Waals surface area contributed by atoms with Gasteiger partial charge in [0.25, 0.3) is 5.91 Å². The number of hydrogen-bond donors (Lipinski definition) is 1. The van der Waals surface area contributed by atoms with Crippen LogP contribution >= 0.6 is 11.6 Å². The molecule has 1 spiro atoms. The second-order valence-electron chi connectivity index (χ2n) is 7.40. The Kier molecular flexibility index (Phi) is 4.30. The minimum Gasteiger partial charge on any atom is -0.323 e. The van der Waals surface area contributed by atoms with Crippen LogP contribution in [0.4, 0.5) is 9.18 Å². The molecule has 6 nitrogen and oxygen atoms in total. The number of benzene rings is 1. The summed E-state index contributed by atoms with van der Waals surface area (Å²) in [6, 6.07) is 5.52. The van der Waals surface area contributed by atoms with Gasteiger partial charge in [0.15, 0.2) is 5.78 Å². The van der Waals surface area contributed by atoms with Crippen molar-refractivity contribution in [3.63, 3.8) is 0 Å². The number of aromatic nitrogens is 1. The summed E-state index contributed by atoms with van der Waals surface area (Å²) in [5.74, 6) is -1.17. The van der Waals surface area contributed by atoms with E-state index in [4.69, 9.17) is 11.6 Å². The van der Waals surface area contributed by atoms with Crippen LogP contribution in [0.3, 0.4) is 0 Å². The first-order valence-electron chi connectivity index (χ1n) is 9.05. The molecule has 2 heterocycles. The summed E-state index contributed by atoms with van der Waals surface area (Å²) in [5.41, 5.74) is 1.63. The molecule has 4 rings (SSSR count). The molecular formula is C20H19ClFN3O3. The number of ketones is 1. The van der Waals surface area contributed by atoms with E-state index >= 15 is 0 Å². The van der Waals surface area contributed by atoms with Gasteiger partial charge in [0.1, 0.15) is 11.4 Å². The van der Waals surface area contributed by atoms with Gasteiger partial charge in [-0.15, -0.1) is 0 Å².